The van der Waals surface area contributed by atoms with Crippen molar-refractivity contribution >= 4 is 51.3 Å². The molecule has 2 nitrogen and oxygen atoms in total. The molecule has 6 rings (SSSR count). The Hall–Kier alpha value is -0.520. The fourth-order valence-corrected chi connectivity index (χ4v) is 15.6. The van der Waals surface area contributed by atoms with E-state index < -0.39 is 0 Å². The molecular weight excluding hydrogens is 573 g/mol. The second kappa shape index (κ2) is 17.6. The van der Waals surface area contributed by atoms with Crippen LogP contribution in [0.3, 0.4) is 0 Å². The van der Waals surface area contributed by atoms with Gasteiger partial charge in [-0.05, 0) is 86.1 Å². The summed E-state index contributed by atoms with van der Waals surface area (Å²) in [5.41, 5.74) is 3.87. The number of hydrogen-bond donors (Lipinski definition) is 0. The minimum atomic E-state index is -0.00965. The highest BCUT2D eigenvalue weighted by Crippen LogP contribution is 2.58. The Morgan fingerprint density at radius 2 is 0.700 bits per heavy atom. The Morgan fingerprint density at radius 3 is 0.950 bits per heavy atom. The third-order valence-corrected chi connectivity index (χ3v) is 16.7. The first-order chi connectivity index (χ1) is 18.8. The normalized spacial score (nSPS) is 20.3. The van der Waals surface area contributed by atoms with Crippen LogP contribution < -0.4 is 20.1 Å². The van der Waals surface area contributed by atoms with Gasteiger partial charge in [-0.15, -0.1) is 24.8 Å². The van der Waals surface area contributed by atoms with Gasteiger partial charge in [0.1, 0.15) is 11.5 Å². The van der Waals surface area contributed by atoms with E-state index in [0.29, 0.717) is 0 Å². The Labute approximate surface area is 259 Å². The van der Waals surface area contributed by atoms with Crippen molar-refractivity contribution in [3.05, 3.63) is 48.5 Å². The molecule has 0 aromatic heterocycles. The second-order valence-corrected chi connectivity index (χ2v) is 17.4. The van der Waals surface area contributed by atoms with Crippen LogP contribution in [0.5, 0.6) is 11.5 Å². The molecule has 0 atom stereocenters. The molecule has 0 amide bonds. The predicted octanol–water partition coefficient (Wildman–Crippen LogP) is 10.2. The van der Waals surface area contributed by atoms with Gasteiger partial charge in [-0.3, -0.25) is 0 Å². The molecule has 2 aromatic rings. The summed E-state index contributed by atoms with van der Waals surface area (Å²) in [7, 11) is 3.64. The molecule has 4 saturated carbocycles. The van der Waals surface area contributed by atoms with E-state index in [2.05, 4.69) is 48.5 Å². The van der Waals surface area contributed by atoms with Crippen LogP contribution in [0.1, 0.15) is 103 Å². The molecule has 4 fully saturated rings. The highest BCUT2D eigenvalue weighted by atomic mass is 35.5. The van der Waals surface area contributed by atoms with Gasteiger partial charge in [0.15, 0.2) is 0 Å². The fourth-order valence-electron chi connectivity index (χ4n) is 7.80. The maximum Gasteiger partial charge on any atom is 0.126 e. The van der Waals surface area contributed by atoms with Gasteiger partial charge < -0.3 is 9.47 Å². The molecule has 224 valence electrons. The molecule has 0 aliphatic heterocycles. The van der Waals surface area contributed by atoms with Gasteiger partial charge in [0.05, 0.1) is 14.2 Å². The van der Waals surface area contributed by atoms with E-state index in [1.807, 2.05) is 14.2 Å². The molecule has 0 N–H and O–H groups in total. The monoisotopic (exact) mass is 624 g/mol. The minimum Gasteiger partial charge on any atom is -0.496 e. The highest BCUT2D eigenvalue weighted by Gasteiger charge is 2.36. The summed E-state index contributed by atoms with van der Waals surface area (Å²) < 4.78 is 11.3. The largest absolute Gasteiger partial charge is 0.496 e. The van der Waals surface area contributed by atoms with E-state index in [1.165, 1.54) is 103 Å². The van der Waals surface area contributed by atoms with Crippen LogP contribution in [0.15, 0.2) is 48.5 Å². The maximum absolute atomic E-state index is 5.66. The lowest BCUT2D eigenvalue weighted by molar-refractivity contribution is 0.418. The molecule has 4 aliphatic rings. The molecular formula is C34H52Cl2O2P2. The van der Waals surface area contributed by atoms with E-state index in [1.54, 1.807) is 10.6 Å². The molecule has 0 spiro atoms. The lowest BCUT2D eigenvalue weighted by Gasteiger charge is -2.31. The van der Waals surface area contributed by atoms with Crippen molar-refractivity contribution in [1.82, 2.24) is 0 Å². The van der Waals surface area contributed by atoms with E-state index in [-0.39, 0.29) is 40.7 Å². The minimum absolute atomic E-state index is 0. The zero-order valence-electron chi connectivity index (χ0n) is 24.8. The maximum atomic E-state index is 5.66. The standard InChI is InChI=1S/2C17H25OP.2ClH/c2*1-18-16-12-6-7-13-17(16)19(14-8-2-3-9-14)15-10-4-5-11-15;;/h2*6-7,12-15H,2-5,8-11H2,1H3;2*1H. The number of para-hydroxylation sites is 2. The van der Waals surface area contributed by atoms with Crippen LogP contribution in [0.25, 0.3) is 0 Å². The van der Waals surface area contributed by atoms with Gasteiger partial charge in [0.25, 0.3) is 0 Å². The van der Waals surface area contributed by atoms with Crippen molar-refractivity contribution in [3.63, 3.8) is 0 Å². The lowest BCUT2D eigenvalue weighted by Crippen LogP contribution is -2.20. The van der Waals surface area contributed by atoms with Crippen molar-refractivity contribution < 1.29 is 9.47 Å². The van der Waals surface area contributed by atoms with Crippen molar-refractivity contribution in [3.8, 4) is 11.5 Å². The topological polar surface area (TPSA) is 18.5 Å². The summed E-state index contributed by atoms with van der Waals surface area (Å²) >= 11 is 0. The van der Waals surface area contributed by atoms with Gasteiger partial charge in [-0.2, -0.15) is 0 Å². The van der Waals surface area contributed by atoms with Gasteiger partial charge in [0.2, 0.25) is 0 Å². The van der Waals surface area contributed by atoms with Crippen LogP contribution in [0.4, 0.5) is 0 Å². The van der Waals surface area contributed by atoms with E-state index in [0.717, 1.165) is 34.1 Å². The van der Waals surface area contributed by atoms with Crippen molar-refractivity contribution in [2.24, 2.45) is 0 Å². The van der Waals surface area contributed by atoms with Gasteiger partial charge in [0, 0.05) is 10.6 Å². The molecule has 40 heavy (non-hydrogen) atoms. The summed E-state index contributed by atoms with van der Waals surface area (Å²) in [5, 5.41) is 3.11. The average Bonchev–Trinajstić information content (AvgIpc) is 3.79. The smallest absolute Gasteiger partial charge is 0.126 e. The Morgan fingerprint density at radius 1 is 0.450 bits per heavy atom. The van der Waals surface area contributed by atoms with Crippen molar-refractivity contribution in [1.29, 1.82) is 0 Å². The summed E-state index contributed by atoms with van der Waals surface area (Å²) in [5.74, 6) is 2.29. The summed E-state index contributed by atoms with van der Waals surface area (Å²) in [6, 6.07) is 17.7. The number of ether oxygens (including phenoxy) is 2. The first-order valence-electron chi connectivity index (χ1n) is 15.6. The first kappa shape index (κ1) is 34.0. The molecule has 6 heteroatoms. The van der Waals surface area contributed by atoms with Crippen molar-refractivity contribution in [2.45, 2.75) is 125 Å². The summed E-state index contributed by atoms with van der Waals surface area (Å²) in [6.45, 7) is 0. The quantitative estimate of drug-likeness (QED) is 0.272. The average molecular weight is 626 g/mol. The zero-order valence-corrected chi connectivity index (χ0v) is 28.2. The molecule has 0 saturated heterocycles. The number of benzene rings is 2. The highest BCUT2D eigenvalue weighted by molar-refractivity contribution is 7.67. The Balaban J connectivity index is 0.000000210. The van der Waals surface area contributed by atoms with Crippen LogP contribution >= 0.6 is 40.7 Å². The number of rotatable bonds is 8. The van der Waals surface area contributed by atoms with Gasteiger partial charge in [-0.1, -0.05) is 104 Å². The third kappa shape index (κ3) is 8.31. The van der Waals surface area contributed by atoms with Gasteiger partial charge in [-0.25, -0.2) is 0 Å². The van der Waals surface area contributed by atoms with Gasteiger partial charge >= 0.3 is 0 Å². The fraction of sp³-hybridized carbons (Fsp3) is 0.647. The molecule has 0 bridgehead atoms. The zero-order chi connectivity index (χ0) is 26.2. The second-order valence-electron chi connectivity index (χ2n) is 11.9. The molecule has 2 aromatic carbocycles. The van der Waals surface area contributed by atoms with Crippen LogP contribution in [0, 0.1) is 0 Å². The number of hydrogen-bond acceptors (Lipinski definition) is 2. The van der Waals surface area contributed by atoms with E-state index >= 15 is 0 Å². The van der Waals surface area contributed by atoms with Crippen LogP contribution in [0.2, 0.25) is 0 Å². The first-order valence-corrected chi connectivity index (χ1v) is 18.6. The third-order valence-electron chi connectivity index (χ3n) is 9.60. The predicted molar refractivity (Wildman–Crippen MR) is 183 cm³/mol. The summed E-state index contributed by atoms with van der Waals surface area (Å²) in [6.07, 6.45) is 23.3. The Bertz CT molecular complexity index is 870. The number of methoxy groups -OCH3 is 2. The Kier molecular flexibility index (Phi) is 14.9. The summed E-state index contributed by atoms with van der Waals surface area (Å²) in [4.78, 5) is 0. The van der Waals surface area contributed by atoms with Crippen LogP contribution in [-0.2, 0) is 0 Å². The van der Waals surface area contributed by atoms with E-state index in [9.17, 15) is 0 Å². The number of halogens is 2. The molecule has 4 aliphatic carbocycles. The lowest BCUT2D eigenvalue weighted by atomic mass is 10.3. The molecule has 0 radical (unpaired) electrons. The SMILES string of the molecule is COc1ccccc1P(C1CCCC1)C1CCCC1.COc1ccccc1P(C1CCCC1)C1CCCC1.Cl.Cl. The molecule has 0 heterocycles. The van der Waals surface area contributed by atoms with Crippen LogP contribution in [-0.4, -0.2) is 36.9 Å². The van der Waals surface area contributed by atoms with E-state index in [4.69, 9.17) is 9.47 Å². The molecule has 0 unspecified atom stereocenters. The van der Waals surface area contributed by atoms with Crippen molar-refractivity contribution in [2.75, 3.05) is 14.2 Å².